The van der Waals surface area contributed by atoms with Gasteiger partial charge in [-0.25, -0.2) is 4.89 Å². The number of nitrogens with zero attached hydrogens (tertiary/aromatic N) is 2. The van der Waals surface area contributed by atoms with Gasteiger partial charge in [0, 0.05) is 52.8 Å². The Bertz CT molecular complexity index is 2000. The maximum Gasteiger partial charge on any atom is 0.303 e. The molecule has 0 bridgehead atoms. The smallest absolute Gasteiger partial charge is 0.303 e. The van der Waals surface area contributed by atoms with Crippen LogP contribution in [0.5, 0.6) is 0 Å². The second-order valence-corrected chi connectivity index (χ2v) is 17.3. The molecule has 3 aromatic rings. The molecule has 0 fully saturated rings. The molecule has 0 saturated heterocycles. The second kappa shape index (κ2) is 19.4. The summed E-state index contributed by atoms with van der Waals surface area (Å²) in [6.07, 6.45) is 18.3. The normalized spacial score (nSPS) is 18.1. The molecule has 1 aromatic heterocycles. The van der Waals surface area contributed by atoms with Crippen LogP contribution in [0.25, 0.3) is 16.3 Å². The number of anilines is 1. The highest BCUT2D eigenvalue weighted by molar-refractivity contribution is 8.03. The van der Waals surface area contributed by atoms with Gasteiger partial charge < -0.3 is 20.6 Å². The summed E-state index contributed by atoms with van der Waals surface area (Å²) < 4.78 is 3.53. The van der Waals surface area contributed by atoms with Gasteiger partial charge in [0.2, 0.25) is 17.3 Å². The first-order valence-electron chi connectivity index (χ1n) is 18.2. The summed E-state index contributed by atoms with van der Waals surface area (Å²) in [4.78, 5) is 45.5. The van der Waals surface area contributed by atoms with Crippen molar-refractivity contribution in [2.45, 2.75) is 72.6 Å². The Morgan fingerprint density at radius 2 is 1.72 bits per heavy atom. The number of allylic oxidation sites excluding steroid dienone is 6. The first kappa shape index (κ1) is 40.1. The molecule has 10 nitrogen and oxygen atoms in total. The van der Waals surface area contributed by atoms with E-state index in [1.54, 1.807) is 46.6 Å². The van der Waals surface area contributed by atoms with Crippen LogP contribution in [0.1, 0.15) is 56.4 Å². The van der Waals surface area contributed by atoms with Crippen molar-refractivity contribution in [2.75, 3.05) is 43.7 Å². The Hall–Kier alpha value is -3.53. The molecule has 14 heteroatoms. The number of amides is 2. The highest BCUT2D eigenvalue weighted by atomic mass is 32.2. The van der Waals surface area contributed by atoms with E-state index in [9.17, 15) is 14.4 Å². The Labute approximate surface area is 333 Å². The van der Waals surface area contributed by atoms with E-state index in [0.29, 0.717) is 44.9 Å². The topological polar surface area (TPSA) is 132 Å². The van der Waals surface area contributed by atoms with Crippen LogP contribution >= 0.6 is 46.6 Å². The van der Waals surface area contributed by atoms with Gasteiger partial charge in [-0.2, -0.15) is 4.57 Å². The van der Waals surface area contributed by atoms with Crippen LogP contribution in [-0.4, -0.2) is 66.9 Å². The summed E-state index contributed by atoms with van der Waals surface area (Å²) in [6, 6.07) is 13.1. The fourth-order valence-corrected chi connectivity index (χ4v) is 10.1. The van der Waals surface area contributed by atoms with Gasteiger partial charge in [0.15, 0.2) is 6.54 Å². The molecule has 0 radical (unpaired) electrons. The third-order valence-corrected chi connectivity index (χ3v) is 13.4. The number of benzene rings is 2. The molecule has 6 rings (SSSR count). The van der Waals surface area contributed by atoms with E-state index in [2.05, 4.69) is 98.2 Å². The van der Waals surface area contributed by atoms with E-state index in [1.807, 2.05) is 0 Å². The van der Waals surface area contributed by atoms with E-state index in [0.717, 1.165) is 41.4 Å². The molecule has 1 aliphatic heterocycles. The monoisotopic (exact) mass is 807 g/mol. The Morgan fingerprint density at radius 3 is 2.52 bits per heavy atom. The summed E-state index contributed by atoms with van der Waals surface area (Å²) in [5, 5.41) is 25.7. The average molecular weight is 808 g/mol. The zero-order valence-corrected chi connectivity index (χ0v) is 33.9. The number of thiazole rings is 1. The Morgan fingerprint density at radius 1 is 0.963 bits per heavy atom. The van der Waals surface area contributed by atoms with Gasteiger partial charge >= 0.3 is 5.97 Å². The molecule has 2 amide bonds. The van der Waals surface area contributed by atoms with Crippen molar-refractivity contribution in [1.29, 1.82) is 0 Å². The van der Waals surface area contributed by atoms with Crippen molar-refractivity contribution < 1.29 is 34.2 Å². The summed E-state index contributed by atoms with van der Waals surface area (Å²) in [6.45, 7) is 2.30. The van der Waals surface area contributed by atoms with E-state index in [4.69, 9.17) is 10.4 Å². The lowest BCUT2D eigenvalue weighted by Crippen LogP contribution is -2.41. The van der Waals surface area contributed by atoms with Crippen molar-refractivity contribution in [2.24, 2.45) is 5.92 Å². The Balaban J connectivity index is 1.23. The second-order valence-electron chi connectivity index (χ2n) is 13.4. The molecule has 54 heavy (non-hydrogen) atoms. The first-order chi connectivity index (χ1) is 26.2. The number of fused-ring (bicyclic) bond motifs is 3. The van der Waals surface area contributed by atoms with E-state index < -0.39 is 5.97 Å². The quantitative estimate of drug-likeness (QED) is 0.0351. The van der Waals surface area contributed by atoms with Crippen LogP contribution in [0.3, 0.4) is 0 Å². The molecule has 1 unspecified atom stereocenters. The summed E-state index contributed by atoms with van der Waals surface area (Å²) in [5.41, 5.74) is 6.25. The lowest BCUT2D eigenvalue weighted by molar-refractivity contribution is -0.666. The molecule has 2 heterocycles. The number of carboxylic acids is 1. The fourth-order valence-electron chi connectivity index (χ4n) is 6.95. The van der Waals surface area contributed by atoms with Gasteiger partial charge in [-0.05, 0) is 104 Å². The number of nitrogens with one attached hydrogen (secondary N) is 2. The number of hydrogen-bond donors (Lipinski definition) is 4. The summed E-state index contributed by atoms with van der Waals surface area (Å²) in [5.74, 6) is -0.745. The maximum absolute atomic E-state index is 12.4. The first-order valence-corrected chi connectivity index (χ1v) is 22.3. The standard InChI is InChI=1S/C40H46N4O6S4/c1-51-30-9-11-34-32(24-30)43(17-15-41-36(45)4-3-19-50-49)38(53-34)22-26-5-7-28-8-6-27(21-29(28)20-26)23-39-44(18-16-42-37(46)13-14-40(47)48)33-25-31(52-2)10-12-35(33)54-39/h9-12,20-25,28H,3-8,13-19H2,1-2H3,(H3-,41,42,45,46,47,48,49)/p+1. The molecule has 4 N–H and O–H groups in total. The zero-order valence-electron chi connectivity index (χ0n) is 30.6. The van der Waals surface area contributed by atoms with Crippen LogP contribution in [0, 0.1) is 5.92 Å². The minimum atomic E-state index is -0.974. The number of carbonyl (C=O) groups excluding carboxylic acids is 2. The number of carboxylic acid groups (broad SMARTS) is 1. The van der Waals surface area contributed by atoms with E-state index >= 15 is 0 Å². The molecule has 2 aliphatic carbocycles. The van der Waals surface area contributed by atoms with Gasteiger partial charge in [0.05, 0.1) is 30.3 Å². The van der Waals surface area contributed by atoms with Crippen LogP contribution < -0.4 is 20.1 Å². The largest absolute Gasteiger partial charge is 0.481 e. The number of hydrogen-bond acceptors (Lipinski definition) is 10. The van der Waals surface area contributed by atoms with Gasteiger partial charge in [-0.15, -0.1) is 23.5 Å². The van der Waals surface area contributed by atoms with Crippen LogP contribution in [0.15, 0.2) is 91.1 Å². The van der Waals surface area contributed by atoms with Crippen molar-refractivity contribution >= 4 is 86.4 Å². The highest BCUT2D eigenvalue weighted by Crippen LogP contribution is 2.48. The maximum atomic E-state index is 12.4. The van der Waals surface area contributed by atoms with Crippen molar-refractivity contribution in [3.8, 4) is 0 Å². The minimum Gasteiger partial charge on any atom is -0.481 e. The van der Waals surface area contributed by atoms with Crippen molar-refractivity contribution in [3.63, 3.8) is 0 Å². The van der Waals surface area contributed by atoms with Gasteiger partial charge in [0.25, 0.3) is 5.01 Å². The van der Waals surface area contributed by atoms with Crippen molar-refractivity contribution in [3.05, 3.63) is 81.4 Å². The number of carbonyl (C=O) groups is 3. The van der Waals surface area contributed by atoms with E-state index in [-0.39, 0.29) is 31.3 Å². The Kier molecular flexibility index (Phi) is 14.4. The van der Waals surface area contributed by atoms with Crippen LogP contribution in [-0.2, 0) is 25.8 Å². The van der Waals surface area contributed by atoms with Crippen molar-refractivity contribution in [1.82, 2.24) is 10.6 Å². The minimum absolute atomic E-state index is 0.0249. The molecule has 0 spiro atoms. The molecular formula is C40H47N4O6S4+. The summed E-state index contributed by atoms with van der Waals surface area (Å²) in [7, 11) is 0. The number of aliphatic carboxylic acids is 1. The van der Waals surface area contributed by atoms with Gasteiger partial charge in [-0.3, -0.25) is 19.6 Å². The number of rotatable bonds is 17. The number of aromatic nitrogens is 1. The van der Waals surface area contributed by atoms with Gasteiger partial charge in [0.1, 0.15) is 4.70 Å². The highest BCUT2D eigenvalue weighted by Gasteiger charge is 2.28. The number of thioether (sulfide) groups is 3. The third-order valence-electron chi connectivity index (χ3n) is 9.75. The fraction of sp³-hybridized carbons (Fsp3) is 0.400. The predicted octanol–water partition coefficient (Wildman–Crippen LogP) is 7.89. The predicted molar refractivity (Wildman–Crippen MR) is 220 cm³/mol. The third kappa shape index (κ3) is 10.4. The molecule has 0 saturated carbocycles. The SMILES string of the molecule is CSc1ccc2c(c1)N(CCNC(=O)CCC(=O)O)C(=CC1=CC3=CC(=Cc4sc5ccc(SC)cc5[n+]4CCNC(=O)CCCOO)CCC3CC1)S2. The van der Waals surface area contributed by atoms with E-state index in [1.165, 1.54) is 41.6 Å². The molecular weight excluding hydrogens is 761 g/mol. The lowest BCUT2D eigenvalue weighted by atomic mass is 9.77. The van der Waals surface area contributed by atoms with Gasteiger partial charge in [-0.1, -0.05) is 35.3 Å². The molecule has 3 aliphatic rings. The average Bonchev–Trinajstić information content (AvgIpc) is 3.69. The molecule has 2 aromatic carbocycles. The van der Waals surface area contributed by atoms with Crippen LogP contribution in [0.2, 0.25) is 0 Å². The molecule has 1 atom stereocenters. The lowest BCUT2D eigenvalue weighted by Gasteiger charge is -2.29. The summed E-state index contributed by atoms with van der Waals surface area (Å²) >= 11 is 6.95. The zero-order chi connectivity index (χ0) is 38.0. The molecule has 286 valence electrons. The van der Waals surface area contributed by atoms with Crippen LogP contribution in [0.4, 0.5) is 5.69 Å².